The lowest BCUT2D eigenvalue weighted by Crippen LogP contribution is -2.31. The third-order valence-electron chi connectivity index (χ3n) is 4.61. The fraction of sp³-hybridized carbons (Fsp3) is 1.00. The Morgan fingerprint density at radius 1 is 0.895 bits per heavy atom. The van der Waals surface area contributed by atoms with E-state index in [1.807, 2.05) is 0 Å². The Kier molecular flexibility index (Phi) is 4.61. The van der Waals surface area contributed by atoms with Gasteiger partial charge in [-0.25, -0.2) is 8.88 Å². The molecule has 112 valence electrons. The zero-order valence-corrected chi connectivity index (χ0v) is 12.7. The van der Waals surface area contributed by atoms with Crippen molar-refractivity contribution >= 4 is 15.4 Å². The van der Waals surface area contributed by atoms with Crippen molar-refractivity contribution < 1.29 is 28.1 Å². The summed E-state index contributed by atoms with van der Waals surface area (Å²) < 4.78 is 26.7. The molecule has 0 heterocycles. The van der Waals surface area contributed by atoms with Gasteiger partial charge in [-0.2, -0.15) is 0 Å². The number of hydrogen-bond donors (Lipinski definition) is 3. The highest BCUT2D eigenvalue weighted by Crippen LogP contribution is 2.64. The summed E-state index contributed by atoms with van der Waals surface area (Å²) in [6.45, 7) is 0. The summed E-state index contributed by atoms with van der Waals surface area (Å²) in [5, 5.41) is 0. The van der Waals surface area contributed by atoms with Crippen LogP contribution in [0.2, 0.25) is 0 Å². The molecule has 0 aromatic heterocycles. The van der Waals surface area contributed by atoms with E-state index in [9.17, 15) is 14.0 Å². The third kappa shape index (κ3) is 4.13. The van der Waals surface area contributed by atoms with Gasteiger partial charge < -0.3 is 14.7 Å². The van der Waals surface area contributed by atoms with Gasteiger partial charge in [-0.05, 0) is 43.9 Å². The van der Waals surface area contributed by atoms with Crippen LogP contribution in [0.5, 0.6) is 0 Å². The molecule has 0 radical (unpaired) electrons. The molecular weight excluding hydrogens is 290 g/mol. The van der Waals surface area contributed by atoms with Crippen molar-refractivity contribution in [1.29, 1.82) is 0 Å². The Labute approximate surface area is 113 Å². The van der Waals surface area contributed by atoms with Gasteiger partial charge in [0, 0.05) is 0 Å². The van der Waals surface area contributed by atoms with Gasteiger partial charge in [0.25, 0.3) is 0 Å². The summed E-state index contributed by atoms with van der Waals surface area (Å²) in [6, 6.07) is 0. The molecule has 2 saturated carbocycles. The van der Waals surface area contributed by atoms with E-state index < -0.39 is 21.1 Å². The van der Waals surface area contributed by atoms with Crippen LogP contribution in [0.4, 0.5) is 0 Å². The fourth-order valence-electron chi connectivity index (χ4n) is 3.56. The second-order valence-electron chi connectivity index (χ2n) is 5.93. The van der Waals surface area contributed by atoms with Gasteiger partial charge in [-0.3, -0.25) is 4.57 Å². The van der Waals surface area contributed by atoms with E-state index in [0.717, 1.165) is 12.8 Å². The first-order valence-electron chi connectivity index (χ1n) is 6.82. The van der Waals surface area contributed by atoms with Crippen LogP contribution in [0.15, 0.2) is 0 Å². The quantitative estimate of drug-likeness (QED) is 0.691. The highest BCUT2D eigenvalue weighted by molar-refractivity contribution is 7.64. The SMILES string of the molecule is O=P(O)(O)OP(=O)(O)C1CCC2(CCCCC2)CC1. The van der Waals surface area contributed by atoms with E-state index in [-0.39, 0.29) is 0 Å². The first-order chi connectivity index (χ1) is 8.73. The van der Waals surface area contributed by atoms with Crippen molar-refractivity contribution in [2.75, 3.05) is 0 Å². The Bertz CT molecular complexity index is 401. The lowest BCUT2D eigenvalue weighted by atomic mass is 9.65. The summed E-state index contributed by atoms with van der Waals surface area (Å²) in [5.41, 5.74) is -0.329. The molecule has 1 spiro atoms. The van der Waals surface area contributed by atoms with Crippen molar-refractivity contribution in [2.45, 2.75) is 63.4 Å². The van der Waals surface area contributed by atoms with Crippen LogP contribution in [0.1, 0.15) is 57.8 Å². The zero-order valence-electron chi connectivity index (χ0n) is 10.9. The Balaban J connectivity index is 1.95. The van der Waals surface area contributed by atoms with E-state index >= 15 is 0 Å². The van der Waals surface area contributed by atoms with Crippen molar-refractivity contribution in [3.8, 4) is 0 Å². The monoisotopic (exact) mass is 312 g/mol. The highest BCUT2D eigenvalue weighted by atomic mass is 31.3. The van der Waals surface area contributed by atoms with Gasteiger partial charge in [0.15, 0.2) is 0 Å². The molecule has 1 unspecified atom stereocenters. The van der Waals surface area contributed by atoms with Crippen molar-refractivity contribution in [2.24, 2.45) is 5.41 Å². The predicted octanol–water partition coefficient (Wildman–Crippen LogP) is 3.17. The van der Waals surface area contributed by atoms with E-state index in [1.165, 1.54) is 32.1 Å². The van der Waals surface area contributed by atoms with Crippen LogP contribution in [0.3, 0.4) is 0 Å². The average molecular weight is 312 g/mol. The van der Waals surface area contributed by atoms with E-state index in [4.69, 9.17) is 9.79 Å². The molecule has 1 atom stereocenters. The van der Waals surface area contributed by atoms with Gasteiger partial charge >= 0.3 is 15.4 Å². The molecule has 19 heavy (non-hydrogen) atoms. The molecule has 0 saturated heterocycles. The molecule has 0 aliphatic heterocycles. The van der Waals surface area contributed by atoms with Gasteiger partial charge in [0.05, 0.1) is 5.66 Å². The topological polar surface area (TPSA) is 104 Å². The van der Waals surface area contributed by atoms with E-state index in [1.54, 1.807) is 0 Å². The molecule has 3 N–H and O–H groups in total. The average Bonchev–Trinajstić information content (AvgIpc) is 2.27. The standard InChI is InChI=1S/C11H22O6P2/c12-18(13,17-19(14,15)16)10-4-8-11(9-5-10)6-2-1-3-7-11/h10H,1-9H2,(H,12,13)(H2,14,15,16). The Morgan fingerprint density at radius 2 is 1.42 bits per heavy atom. The highest BCUT2D eigenvalue weighted by Gasteiger charge is 2.44. The summed E-state index contributed by atoms with van der Waals surface area (Å²) in [5.74, 6) is 0. The molecular formula is C11H22O6P2. The second-order valence-corrected chi connectivity index (χ2v) is 9.42. The molecule has 2 aliphatic carbocycles. The molecule has 0 amide bonds. The van der Waals surface area contributed by atoms with Gasteiger partial charge in [0.2, 0.25) is 0 Å². The van der Waals surface area contributed by atoms with Crippen LogP contribution in [-0.2, 0) is 13.4 Å². The van der Waals surface area contributed by atoms with Gasteiger partial charge in [-0.15, -0.1) is 0 Å². The number of hydrogen-bond acceptors (Lipinski definition) is 3. The maximum absolute atomic E-state index is 11.9. The fourth-order valence-corrected chi connectivity index (χ4v) is 6.23. The third-order valence-corrected chi connectivity index (χ3v) is 7.84. The minimum Gasteiger partial charge on any atom is -0.324 e. The Hall–Kier alpha value is 0.300. The van der Waals surface area contributed by atoms with E-state index in [0.29, 0.717) is 18.3 Å². The van der Waals surface area contributed by atoms with Crippen molar-refractivity contribution in [3.05, 3.63) is 0 Å². The molecule has 0 aromatic rings. The van der Waals surface area contributed by atoms with Crippen molar-refractivity contribution in [1.82, 2.24) is 0 Å². The van der Waals surface area contributed by atoms with Crippen molar-refractivity contribution in [3.63, 3.8) is 0 Å². The minimum atomic E-state index is -4.91. The first kappa shape index (κ1) is 15.7. The summed E-state index contributed by atoms with van der Waals surface area (Å²) >= 11 is 0. The minimum absolute atomic E-state index is 0.302. The lowest BCUT2D eigenvalue weighted by Gasteiger charge is -2.43. The van der Waals surface area contributed by atoms with Gasteiger partial charge in [0.1, 0.15) is 0 Å². The smallest absolute Gasteiger partial charge is 0.324 e. The second kappa shape index (κ2) is 5.59. The number of rotatable bonds is 3. The van der Waals surface area contributed by atoms with Crippen LogP contribution in [0, 0.1) is 5.41 Å². The molecule has 6 nitrogen and oxygen atoms in total. The lowest BCUT2D eigenvalue weighted by molar-refractivity contribution is 0.120. The Morgan fingerprint density at radius 3 is 1.89 bits per heavy atom. The largest absolute Gasteiger partial charge is 0.476 e. The van der Waals surface area contributed by atoms with Gasteiger partial charge in [-0.1, -0.05) is 19.3 Å². The van der Waals surface area contributed by atoms with Crippen LogP contribution in [-0.4, -0.2) is 20.3 Å². The summed E-state index contributed by atoms with van der Waals surface area (Å²) in [4.78, 5) is 27.1. The summed E-state index contributed by atoms with van der Waals surface area (Å²) in [7, 11) is -9.13. The molecule has 8 heteroatoms. The maximum atomic E-state index is 11.9. The van der Waals surface area contributed by atoms with Crippen LogP contribution in [0.25, 0.3) is 0 Å². The molecule has 2 fully saturated rings. The van der Waals surface area contributed by atoms with Crippen LogP contribution >= 0.6 is 15.4 Å². The first-order valence-corrected chi connectivity index (χ1v) is 10.00. The normalized spacial score (nSPS) is 28.2. The zero-order chi connectivity index (χ0) is 14.1. The summed E-state index contributed by atoms with van der Waals surface area (Å²) in [6.07, 6.45) is 8.84. The molecule has 2 aliphatic rings. The molecule has 0 aromatic carbocycles. The molecule has 0 bridgehead atoms. The van der Waals surface area contributed by atoms with Crippen LogP contribution < -0.4 is 0 Å². The van der Waals surface area contributed by atoms with E-state index in [2.05, 4.69) is 4.31 Å². The molecule has 2 rings (SSSR count). The predicted molar refractivity (Wildman–Crippen MR) is 70.7 cm³/mol. The number of phosphoric acid groups is 1. The maximum Gasteiger partial charge on any atom is 0.476 e.